The molecule has 4 nitrogen and oxygen atoms in total. The van der Waals surface area contributed by atoms with Crippen molar-refractivity contribution in [1.29, 1.82) is 0 Å². The average molecular weight is 496 g/mol. The van der Waals surface area contributed by atoms with Crippen LogP contribution in [0.4, 0.5) is 0 Å². The highest BCUT2D eigenvalue weighted by Crippen LogP contribution is 2.34. The molecule has 2 aromatic carbocycles. The molecule has 1 aliphatic heterocycles. The van der Waals surface area contributed by atoms with Gasteiger partial charge in [0.25, 0.3) is 5.91 Å². The second-order valence-electron chi connectivity index (χ2n) is 8.43. The summed E-state index contributed by atoms with van der Waals surface area (Å²) in [7, 11) is 0. The molecule has 2 heterocycles. The van der Waals surface area contributed by atoms with Crippen molar-refractivity contribution in [2.45, 2.75) is 64.7 Å². The van der Waals surface area contributed by atoms with Crippen molar-refractivity contribution >= 4 is 29.3 Å². The molecule has 0 saturated carbocycles. The number of hydrogen-bond acceptors (Lipinski definition) is 4. The fraction of sp³-hybridized carbons (Fsp3) is 0.357. The molecule has 1 amide bonds. The lowest BCUT2D eigenvalue weighted by molar-refractivity contribution is 0.0950. The first-order valence-electron chi connectivity index (χ1n) is 11.9. The maximum absolute atomic E-state index is 12.7. The maximum Gasteiger partial charge on any atom is 0.253 e. The van der Waals surface area contributed by atoms with Gasteiger partial charge in [-0.25, -0.2) is 0 Å². The van der Waals surface area contributed by atoms with E-state index in [2.05, 4.69) is 79.3 Å². The van der Waals surface area contributed by atoms with Crippen molar-refractivity contribution < 1.29 is 4.79 Å². The number of carbonyl (C=O) groups excluding carboxylic acids is 1. The molecule has 0 spiro atoms. The largest absolute Gasteiger partial charge is 0.348 e. The van der Waals surface area contributed by atoms with Crippen molar-refractivity contribution in [1.82, 2.24) is 15.2 Å². The molecule has 0 radical (unpaired) electrons. The topological polar surface area (TPSA) is 45.2 Å². The zero-order valence-corrected chi connectivity index (χ0v) is 22.0. The molecule has 1 aliphatic rings. The van der Waals surface area contributed by atoms with E-state index >= 15 is 0 Å². The van der Waals surface area contributed by atoms with Gasteiger partial charge in [0.15, 0.2) is 0 Å². The zero-order chi connectivity index (χ0) is 24.5. The highest BCUT2D eigenvalue weighted by atomic mass is 35.5. The normalized spacial score (nSPS) is 14.8. The molecule has 180 valence electrons. The number of benzene rings is 2. The van der Waals surface area contributed by atoms with Crippen molar-refractivity contribution in [2.75, 3.05) is 5.75 Å². The van der Waals surface area contributed by atoms with E-state index in [1.165, 1.54) is 16.9 Å². The maximum atomic E-state index is 12.7. The van der Waals surface area contributed by atoms with Crippen molar-refractivity contribution in [3.63, 3.8) is 0 Å². The van der Waals surface area contributed by atoms with E-state index < -0.39 is 0 Å². The summed E-state index contributed by atoms with van der Waals surface area (Å²) in [5.41, 5.74) is 5.08. The van der Waals surface area contributed by atoms with Crippen molar-refractivity contribution in [3.05, 3.63) is 93.8 Å². The van der Waals surface area contributed by atoms with Gasteiger partial charge in [-0.15, -0.1) is 11.8 Å². The summed E-state index contributed by atoms with van der Waals surface area (Å²) in [6.07, 6.45) is 2.94. The highest BCUT2D eigenvalue weighted by molar-refractivity contribution is 7.99. The number of nitrogens with zero attached hydrogens (tertiary/aromatic N) is 2. The quantitative estimate of drug-likeness (QED) is 0.350. The number of rotatable bonds is 7. The number of fused-ring (bicyclic) bond motifs is 1. The minimum Gasteiger partial charge on any atom is -0.348 e. The van der Waals surface area contributed by atoms with E-state index in [4.69, 9.17) is 11.6 Å². The summed E-state index contributed by atoms with van der Waals surface area (Å²) in [6.45, 7) is 10.7. The fourth-order valence-electron chi connectivity index (χ4n) is 3.83. The molecule has 6 heteroatoms. The monoisotopic (exact) mass is 495 g/mol. The third-order valence-electron chi connectivity index (χ3n) is 5.60. The summed E-state index contributed by atoms with van der Waals surface area (Å²) >= 11 is 7.81. The molecular formula is C28H34ClN3OS. The number of carbonyl (C=O) groups is 1. The molecule has 0 aliphatic carbocycles. The van der Waals surface area contributed by atoms with E-state index in [0.717, 1.165) is 40.7 Å². The van der Waals surface area contributed by atoms with E-state index in [-0.39, 0.29) is 11.9 Å². The van der Waals surface area contributed by atoms with E-state index in [9.17, 15) is 4.79 Å². The van der Waals surface area contributed by atoms with Gasteiger partial charge < -0.3 is 5.32 Å². The predicted octanol–water partition coefficient (Wildman–Crippen LogP) is 7.27. The molecule has 1 aromatic heterocycles. The van der Waals surface area contributed by atoms with Crippen LogP contribution < -0.4 is 5.32 Å². The lowest BCUT2D eigenvalue weighted by Gasteiger charge is -2.21. The Morgan fingerprint density at radius 2 is 1.74 bits per heavy atom. The Balaban J connectivity index is 0.00000103. The zero-order valence-electron chi connectivity index (χ0n) is 20.5. The van der Waals surface area contributed by atoms with Gasteiger partial charge in [-0.2, -0.15) is 0 Å². The number of hydrogen-bond donors (Lipinski definition) is 1. The molecule has 0 bridgehead atoms. The average Bonchev–Trinajstić information content (AvgIpc) is 3.15. The summed E-state index contributed by atoms with van der Waals surface area (Å²) in [6, 6.07) is 18.5. The molecule has 0 fully saturated rings. The first-order valence-corrected chi connectivity index (χ1v) is 13.3. The van der Waals surface area contributed by atoms with E-state index in [1.807, 2.05) is 30.0 Å². The number of pyridine rings is 1. The molecule has 1 N–H and O–H groups in total. The van der Waals surface area contributed by atoms with Gasteiger partial charge in [0.05, 0.1) is 11.3 Å². The Bertz CT molecular complexity index is 1070. The fourth-order valence-corrected chi connectivity index (χ4v) is 4.61. The van der Waals surface area contributed by atoms with Gasteiger partial charge >= 0.3 is 0 Å². The van der Waals surface area contributed by atoms with Gasteiger partial charge in [0.2, 0.25) is 0 Å². The third kappa shape index (κ3) is 7.08. The number of amides is 1. The highest BCUT2D eigenvalue weighted by Gasteiger charge is 2.28. The Hall–Kier alpha value is -2.34. The standard InChI is InChI=1S/C25H26ClN3OS.C3H8/c1-3-31-22-10-6-18(7-11-22)13-28-25(30)20-12-23-17(2)29(16-24(23)27-14-20)15-19-4-8-21(26)9-5-19;1-3-2/h4-12,14,17H,3,13,15-16H2,1-2H3,(H,28,30);3H2,1-2H3. The molecule has 0 saturated heterocycles. The van der Waals surface area contributed by atoms with Gasteiger partial charge in [-0.05, 0) is 59.7 Å². The SMILES string of the molecule is CCC.CCSc1ccc(CNC(=O)c2cnc3c(c2)C(C)N(Cc2ccc(Cl)cc2)C3)cc1. The molecular weight excluding hydrogens is 462 g/mol. The smallest absolute Gasteiger partial charge is 0.253 e. The van der Waals surface area contributed by atoms with Crippen LogP contribution in [-0.4, -0.2) is 21.5 Å². The lowest BCUT2D eigenvalue weighted by atomic mass is 10.1. The number of thioether (sulfide) groups is 1. The number of aromatic nitrogens is 1. The summed E-state index contributed by atoms with van der Waals surface area (Å²) in [5, 5.41) is 3.76. The van der Waals surface area contributed by atoms with Crippen LogP contribution in [0.3, 0.4) is 0 Å². The van der Waals surface area contributed by atoms with E-state index in [1.54, 1.807) is 6.20 Å². The first kappa shape index (κ1) is 26.3. The number of halogens is 1. The molecule has 1 unspecified atom stereocenters. The Morgan fingerprint density at radius 3 is 2.38 bits per heavy atom. The van der Waals surface area contributed by atoms with Crippen LogP contribution >= 0.6 is 23.4 Å². The molecule has 3 aromatic rings. The Labute approximate surface area is 213 Å². The van der Waals surface area contributed by atoms with Crippen LogP contribution in [0.25, 0.3) is 0 Å². The van der Waals surface area contributed by atoms with Crippen LogP contribution in [-0.2, 0) is 19.6 Å². The van der Waals surface area contributed by atoms with Gasteiger partial charge in [-0.3, -0.25) is 14.7 Å². The van der Waals surface area contributed by atoms with Gasteiger partial charge in [0.1, 0.15) is 0 Å². The lowest BCUT2D eigenvalue weighted by Crippen LogP contribution is -2.23. The van der Waals surface area contributed by atoms with Gasteiger partial charge in [0, 0.05) is 41.8 Å². The Morgan fingerprint density at radius 1 is 1.09 bits per heavy atom. The Kier molecular flexibility index (Phi) is 10.00. The first-order chi connectivity index (χ1) is 16.4. The van der Waals surface area contributed by atoms with Crippen molar-refractivity contribution in [3.8, 4) is 0 Å². The van der Waals surface area contributed by atoms with Crippen LogP contribution in [0, 0.1) is 0 Å². The minimum atomic E-state index is -0.0920. The third-order valence-corrected chi connectivity index (χ3v) is 6.75. The van der Waals surface area contributed by atoms with E-state index in [0.29, 0.717) is 12.1 Å². The second kappa shape index (κ2) is 12.9. The molecule has 1 atom stereocenters. The predicted molar refractivity (Wildman–Crippen MR) is 143 cm³/mol. The summed E-state index contributed by atoms with van der Waals surface area (Å²) in [5.74, 6) is 0.961. The van der Waals surface area contributed by atoms with Crippen LogP contribution in [0.1, 0.15) is 72.9 Å². The summed E-state index contributed by atoms with van der Waals surface area (Å²) in [4.78, 5) is 20.9. The minimum absolute atomic E-state index is 0.0920. The molecule has 34 heavy (non-hydrogen) atoms. The van der Waals surface area contributed by atoms with Crippen molar-refractivity contribution in [2.24, 2.45) is 0 Å². The van der Waals surface area contributed by atoms with Gasteiger partial charge in [-0.1, -0.05) is 63.1 Å². The van der Waals surface area contributed by atoms with Crippen LogP contribution in [0.2, 0.25) is 5.02 Å². The summed E-state index contributed by atoms with van der Waals surface area (Å²) < 4.78 is 0. The number of nitrogens with one attached hydrogen (secondary N) is 1. The second-order valence-corrected chi connectivity index (χ2v) is 10.2. The molecule has 4 rings (SSSR count). The van der Waals surface area contributed by atoms with Crippen LogP contribution in [0.5, 0.6) is 0 Å². The van der Waals surface area contributed by atoms with Crippen LogP contribution in [0.15, 0.2) is 65.7 Å².